The molecule has 0 rings (SSSR count). The lowest BCUT2D eigenvalue weighted by Gasteiger charge is -2.19. The zero-order chi connectivity index (χ0) is 21.6. The highest BCUT2D eigenvalue weighted by molar-refractivity contribution is 5.66. The fraction of sp³-hybridized carbons (Fsp3) is 0.960. The Morgan fingerprint density at radius 2 is 1.10 bits per heavy atom. The summed E-state index contributed by atoms with van der Waals surface area (Å²) in [4.78, 5) is 10.5. The SMILES string of the molecule is CCCCCCCCCCCC(CCCCCCCCCC(=O)O)CC(O)CO. The number of carbonyl (C=O) groups is 1. The fourth-order valence-corrected chi connectivity index (χ4v) is 4.18. The van der Waals surface area contributed by atoms with Crippen molar-refractivity contribution in [3.8, 4) is 0 Å². The molecule has 0 heterocycles. The Labute approximate surface area is 180 Å². The maximum atomic E-state index is 10.5. The molecule has 0 saturated carbocycles. The lowest BCUT2D eigenvalue weighted by molar-refractivity contribution is -0.137. The van der Waals surface area contributed by atoms with Crippen LogP contribution in [0.2, 0.25) is 0 Å². The van der Waals surface area contributed by atoms with Crippen molar-refractivity contribution in [1.82, 2.24) is 0 Å². The van der Waals surface area contributed by atoms with E-state index in [1.165, 1.54) is 89.9 Å². The Morgan fingerprint density at radius 3 is 1.52 bits per heavy atom. The predicted octanol–water partition coefficient (Wildman–Crippen LogP) is 6.86. The van der Waals surface area contributed by atoms with Gasteiger partial charge in [0.25, 0.3) is 0 Å². The van der Waals surface area contributed by atoms with Crippen molar-refractivity contribution in [1.29, 1.82) is 0 Å². The molecule has 0 saturated heterocycles. The molecule has 4 nitrogen and oxygen atoms in total. The number of carboxylic acid groups (broad SMARTS) is 1. The minimum Gasteiger partial charge on any atom is -0.481 e. The molecule has 0 bridgehead atoms. The summed E-state index contributed by atoms with van der Waals surface area (Å²) in [5, 5.41) is 27.6. The van der Waals surface area contributed by atoms with Crippen LogP contribution in [0, 0.1) is 5.92 Å². The number of rotatable bonds is 23. The number of hydrogen-bond acceptors (Lipinski definition) is 3. The Morgan fingerprint density at radius 1 is 0.690 bits per heavy atom. The molecule has 0 aliphatic heterocycles. The lowest BCUT2D eigenvalue weighted by atomic mass is 9.89. The summed E-state index contributed by atoms with van der Waals surface area (Å²) in [6, 6.07) is 0. The number of carboxylic acids is 1. The molecule has 29 heavy (non-hydrogen) atoms. The summed E-state index contributed by atoms with van der Waals surface area (Å²) in [6.07, 6.45) is 22.7. The van der Waals surface area contributed by atoms with Gasteiger partial charge in [0.2, 0.25) is 0 Å². The molecule has 0 radical (unpaired) electrons. The van der Waals surface area contributed by atoms with Crippen LogP contribution in [0.1, 0.15) is 135 Å². The first-order valence-electron chi connectivity index (χ1n) is 12.6. The van der Waals surface area contributed by atoms with Gasteiger partial charge in [-0.2, -0.15) is 0 Å². The summed E-state index contributed by atoms with van der Waals surface area (Å²) >= 11 is 0. The summed E-state index contributed by atoms with van der Waals surface area (Å²) in [6.45, 7) is 2.14. The molecule has 3 N–H and O–H groups in total. The Balaban J connectivity index is 3.71. The number of aliphatic hydroxyl groups excluding tert-OH is 2. The molecule has 2 atom stereocenters. The van der Waals surface area contributed by atoms with Crippen molar-refractivity contribution in [3.05, 3.63) is 0 Å². The second-order valence-electron chi connectivity index (χ2n) is 8.96. The van der Waals surface area contributed by atoms with E-state index in [2.05, 4.69) is 6.92 Å². The second-order valence-corrected chi connectivity index (χ2v) is 8.96. The van der Waals surface area contributed by atoms with Gasteiger partial charge in [0, 0.05) is 6.42 Å². The average Bonchev–Trinajstić information content (AvgIpc) is 2.70. The van der Waals surface area contributed by atoms with Crippen LogP contribution in [-0.2, 0) is 4.79 Å². The van der Waals surface area contributed by atoms with Gasteiger partial charge < -0.3 is 15.3 Å². The Bertz CT molecular complexity index is 346. The monoisotopic (exact) mass is 414 g/mol. The van der Waals surface area contributed by atoms with Crippen molar-refractivity contribution >= 4 is 5.97 Å². The maximum Gasteiger partial charge on any atom is 0.303 e. The van der Waals surface area contributed by atoms with Crippen LogP contribution in [0.3, 0.4) is 0 Å². The molecule has 0 amide bonds. The van der Waals surface area contributed by atoms with Crippen molar-refractivity contribution in [3.63, 3.8) is 0 Å². The van der Waals surface area contributed by atoms with Gasteiger partial charge >= 0.3 is 5.97 Å². The van der Waals surface area contributed by atoms with E-state index in [0.29, 0.717) is 12.3 Å². The zero-order valence-electron chi connectivity index (χ0n) is 19.3. The number of unbranched alkanes of at least 4 members (excludes halogenated alkanes) is 14. The molecule has 174 valence electrons. The van der Waals surface area contributed by atoms with Crippen LogP contribution in [0.4, 0.5) is 0 Å². The molecular formula is C25H50O4. The van der Waals surface area contributed by atoms with Gasteiger partial charge in [0.1, 0.15) is 0 Å². The van der Waals surface area contributed by atoms with E-state index in [-0.39, 0.29) is 6.61 Å². The number of aliphatic carboxylic acids is 1. The predicted molar refractivity (Wildman–Crippen MR) is 122 cm³/mol. The first-order valence-corrected chi connectivity index (χ1v) is 12.6. The van der Waals surface area contributed by atoms with E-state index in [1.807, 2.05) is 0 Å². The van der Waals surface area contributed by atoms with E-state index < -0.39 is 12.1 Å². The van der Waals surface area contributed by atoms with Gasteiger partial charge in [-0.25, -0.2) is 0 Å². The summed E-state index contributed by atoms with van der Waals surface area (Å²) < 4.78 is 0. The summed E-state index contributed by atoms with van der Waals surface area (Å²) in [5.74, 6) is -0.148. The van der Waals surface area contributed by atoms with Crippen LogP contribution in [0.25, 0.3) is 0 Å². The highest BCUT2D eigenvalue weighted by Gasteiger charge is 2.13. The minimum atomic E-state index is -0.687. The molecular weight excluding hydrogens is 364 g/mol. The van der Waals surface area contributed by atoms with E-state index in [9.17, 15) is 15.0 Å². The standard InChI is InChI=1S/C25H50O4/c1-2-3-4-5-6-7-9-12-15-18-23(21-24(27)22-26)19-16-13-10-8-11-14-17-20-25(28)29/h23-24,26-27H,2-22H2,1H3,(H,28,29). The molecule has 0 aromatic carbocycles. The minimum absolute atomic E-state index is 0.120. The largest absolute Gasteiger partial charge is 0.481 e. The molecule has 0 aromatic heterocycles. The third-order valence-corrected chi connectivity index (χ3v) is 6.04. The third-order valence-electron chi connectivity index (χ3n) is 6.04. The van der Waals surface area contributed by atoms with E-state index >= 15 is 0 Å². The molecule has 0 spiro atoms. The van der Waals surface area contributed by atoms with E-state index in [0.717, 1.165) is 32.1 Å². The van der Waals surface area contributed by atoms with Crippen molar-refractivity contribution in [2.75, 3.05) is 6.61 Å². The third kappa shape index (κ3) is 21.9. The second kappa shape index (κ2) is 22.1. The summed E-state index contributed by atoms with van der Waals surface area (Å²) in [7, 11) is 0. The van der Waals surface area contributed by atoms with E-state index in [4.69, 9.17) is 5.11 Å². The van der Waals surface area contributed by atoms with Crippen molar-refractivity contribution in [2.24, 2.45) is 5.92 Å². The van der Waals surface area contributed by atoms with Gasteiger partial charge in [-0.05, 0) is 18.8 Å². The summed E-state index contributed by atoms with van der Waals surface area (Å²) in [5.41, 5.74) is 0. The number of hydrogen-bond donors (Lipinski definition) is 3. The van der Waals surface area contributed by atoms with Crippen LogP contribution >= 0.6 is 0 Å². The van der Waals surface area contributed by atoms with Crippen molar-refractivity contribution in [2.45, 2.75) is 141 Å². The van der Waals surface area contributed by atoms with Gasteiger partial charge in [-0.15, -0.1) is 0 Å². The highest BCUT2D eigenvalue weighted by atomic mass is 16.4. The Kier molecular flexibility index (Phi) is 21.6. The quantitative estimate of drug-likeness (QED) is 0.160. The zero-order valence-corrected chi connectivity index (χ0v) is 19.3. The van der Waals surface area contributed by atoms with Gasteiger partial charge in [0.05, 0.1) is 12.7 Å². The molecule has 0 fully saturated rings. The average molecular weight is 415 g/mol. The Hall–Kier alpha value is -0.610. The van der Waals surface area contributed by atoms with E-state index in [1.54, 1.807) is 0 Å². The first-order chi connectivity index (χ1) is 14.1. The van der Waals surface area contributed by atoms with Gasteiger partial charge in [0.15, 0.2) is 0 Å². The van der Waals surface area contributed by atoms with Crippen LogP contribution in [0.5, 0.6) is 0 Å². The van der Waals surface area contributed by atoms with Crippen LogP contribution in [-0.4, -0.2) is 34.0 Å². The van der Waals surface area contributed by atoms with Gasteiger partial charge in [-0.3, -0.25) is 4.79 Å². The van der Waals surface area contributed by atoms with Gasteiger partial charge in [-0.1, -0.05) is 116 Å². The molecule has 4 heteroatoms. The fourth-order valence-electron chi connectivity index (χ4n) is 4.18. The molecule has 0 aliphatic carbocycles. The topological polar surface area (TPSA) is 77.8 Å². The van der Waals surface area contributed by atoms with Crippen LogP contribution < -0.4 is 0 Å². The maximum absolute atomic E-state index is 10.5. The highest BCUT2D eigenvalue weighted by Crippen LogP contribution is 2.23. The normalized spacial score (nSPS) is 13.5. The number of aliphatic hydroxyl groups is 2. The smallest absolute Gasteiger partial charge is 0.303 e. The first kappa shape index (κ1) is 28.4. The van der Waals surface area contributed by atoms with Crippen LogP contribution in [0.15, 0.2) is 0 Å². The molecule has 2 unspecified atom stereocenters. The lowest BCUT2D eigenvalue weighted by Crippen LogP contribution is -2.17. The van der Waals surface area contributed by atoms with Crippen molar-refractivity contribution < 1.29 is 20.1 Å². The molecule has 0 aliphatic rings. The molecule has 0 aromatic rings.